The average Bonchev–Trinajstić information content (AvgIpc) is 3.46. The van der Waals surface area contributed by atoms with Crippen molar-refractivity contribution < 1.29 is 23.9 Å². The Labute approximate surface area is 192 Å². The molecule has 2 aromatic carbocycles. The highest BCUT2D eigenvalue weighted by atomic mass is 16.7. The van der Waals surface area contributed by atoms with Crippen LogP contribution in [0, 0.1) is 0 Å². The number of amides is 4. The molecule has 2 heterocycles. The van der Waals surface area contributed by atoms with E-state index in [2.05, 4.69) is 10.6 Å². The molecule has 2 aromatic rings. The number of aryl methyl sites for hydroxylation is 1. The van der Waals surface area contributed by atoms with E-state index in [1.807, 2.05) is 30.3 Å². The zero-order valence-electron chi connectivity index (χ0n) is 18.6. The number of nitrogens with zero attached hydrogens (tertiary/aromatic N) is 1. The molecule has 2 N–H and O–H groups in total. The Morgan fingerprint density at radius 2 is 1.79 bits per heavy atom. The summed E-state index contributed by atoms with van der Waals surface area (Å²) in [6, 6.07) is 14.4. The number of carbonyl (C=O) groups excluding carboxylic acids is 3. The number of imide groups is 1. The zero-order chi connectivity index (χ0) is 23.1. The van der Waals surface area contributed by atoms with Gasteiger partial charge in [-0.25, -0.2) is 4.79 Å². The van der Waals surface area contributed by atoms with Gasteiger partial charge in [-0.1, -0.05) is 30.3 Å². The Bertz CT molecular complexity index is 1100. The van der Waals surface area contributed by atoms with Crippen molar-refractivity contribution in [2.45, 2.75) is 56.8 Å². The van der Waals surface area contributed by atoms with Gasteiger partial charge in [-0.05, 0) is 50.3 Å². The van der Waals surface area contributed by atoms with Crippen LogP contribution in [0.15, 0.2) is 48.5 Å². The molecule has 0 unspecified atom stereocenters. The molecule has 2 fully saturated rings. The molecule has 5 rings (SSSR count). The minimum atomic E-state index is -1.04. The number of rotatable bonds is 6. The maximum atomic E-state index is 13.0. The lowest BCUT2D eigenvalue weighted by molar-refractivity contribution is -0.133. The molecular formula is C25H27N3O5. The van der Waals surface area contributed by atoms with Gasteiger partial charge in [-0.3, -0.25) is 14.5 Å². The lowest BCUT2D eigenvalue weighted by atomic mass is 9.93. The van der Waals surface area contributed by atoms with Crippen molar-refractivity contribution in [3.63, 3.8) is 0 Å². The second-order valence-corrected chi connectivity index (χ2v) is 9.17. The summed E-state index contributed by atoms with van der Waals surface area (Å²) in [6.07, 6.45) is 4.91. The first-order valence-corrected chi connectivity index (χ1v) is 11.4. The Morgan fingerprint density at radius 1 is 1.06 bits per heavy atom. The van der Waals surface area contributed by atoms with Crippen LogP contribution in [0.3, 0.4) is 0 Å². The second-order valence-electron chi connectivity index (χ2n) is 9.17. The van der Waals surface area contributed by atoms with Crippen LogP contribution in [0.5, 0.6) is 11.5 Å². The number of urea groups is 1. The smallest absolute Gasteiger partial charge is 0.325 e. The van der Waals surface area contributed by atoms with Gasteiger partial charge in [-0.15, -0.1) is 0 Å². The van der Waals surface area contributed by atoms with Crippen LogP contribution in [-0.2, 0) is 16.0 Å². The van der Waals surface area contributed by atoms with E-state index in [1.54, 1.807) is 25.1 Å². The summed E-state index contributed by atoms with van der Waals surface area (Å²) in [5.41, 5.74) is 0.567. The highest BCUT2D eigenvalue weighted by Crippen LogP contribution is 2.47. The molecular weight excluding hydrogens is 422 g/mol. The van der Waals surface area contributed by atoms with Gasteiger partial charge in [-0.2, -0.15) is 0 Å². The van der Waals surface area contributed by atoms with Crippen LogP contribution >= 0.6 is 0 Å². The monoisotopic (exact) mass is 449 g/mol. The van der Waals surface area contributed by atoms with Crippen LogP contribution in [0.4, 0.5) is 10.5 Å². The van der Waals surface area contributed by atoms with E-state index >= 15 is 0 Å². The Hall–Kier alpha value is -3.55. The van der Waals surface area contributed by atoms with E-state index in [9.17, 15) is 14.4 Å². The van der Waals surface area contributed by atoms with Gasteiger partial charge in [0, 0.05) is 24.6 Å². The molecule has 33 heavy (non-hydrogen) atoms. The number of carbonyl (C=O) groups is 3. The number of fused-ring (bicyclic) bond motifs is 1. The fourth-order valence-electron chi connectivity index (χ4n) is 4.73. The fourth-order valence-corrected chi connectivity index (χ4v) is 4.73. The molecule has 0 aromatic heterocycles. The maximum Gasteiger partial charge on any atom is 0.325 e. The molecule has 0 radical (unpaired) electrons. The molecule has 1 spiro atoms. The Balaban J connectivity index is 1.20. The number of hydrogen-bond acceptors (Lipinski definition) is 5. The molecule has 4 amide bonds. The van der Waals surface area contributed by atoms with E-state index in [4.69, 9.17) is 9.47 Å². The molecule has 2 aliphatic heterocycles. The van der Waals surface area contributed by atoms with Gasteiger partial charge in [0.05, 0.1) is 0 Å². The fraction of sp³-hybridized carbons (Fsp3) is 0.400. The van der Waals surface area contributed by atoms with E-state index in [0.717, 1.165) is 36.1 Å². The van der Waals surface area contributed by atoms with Gasteiger partial charge in [0.2, 0.25) is 5.91 Å². The van der Waals surface area contributed by atoms with Gasteiger partial charge in [0.25, 0.3) is 11.7 Å². The van der Waals surface area contributed by atoms with Crippen LogP contribution in [-0.4, -0.2) is 40.6 Å². The number of ether oxygens (including phenoxy) is 2. The first kappa shape index (κ1) is 21.3. The second kappa shape index (κ2) is 8.10. The van der Waals surface area contributed by atoms with Gasteiger partial charge >= 0.3 is 6.03 Å². The molecule has 1 aliphatic carbocycles. The van der Waals surface area contributed by atoms with Crippen molar-refractivity contribution in [3.05, 3.63) is 54.1 Å². The first-order chi connectivity index (χ1) is 15.9. The van der Waals surface area contributed by atoms with E-state index in [0.29, 0.717) is 30.0 Å². The van der Waals surface area contributed by atoms with E-state index in [-0.39, 0.29) is 6.54 Å². The highest BCUT2D eigenvalue weighted by molar-refractivity contribution is 6.09. The summed E-state index contributed by atoms with van der Waals surface area (Å²) in [6.45, 7) is 1.34. The molecule has 1 saturated heterocycles. The summed E-state index contributed by atoms with van der Waals surface area (Å²) in [5, 5.41) is 5.51. The normalized spacial score (nSPS) is 22.6. The minimum Gasteiger partial charge on any atom is -0.448 e. The summed E-state index contributed by atoms with van der Waals surface area (Å²) in [5.74, 6) is -0.168. The Morgan fingerprint density at radius 3 is 2.55 bits per heavy atom. The first-order valence-electron chi connectivity index (χ1n) is 11.4. The lowest BCUT2D eigenvalue weighted by Gasteiger charge is -2.21. The zero-order valence-corrected chi connectivity index (χ0v) is 18.6. The van der Waals surface area contributed by atoms with Crippen molar-refractivity contribution in [2.24, 2.45) is 0 Å². The standard InChI is InChI=1S/C25H27N3O5/c1-24(14-11-17-7-3-2-4-8-17)22(30)28(23(31)27-24)16-21(29)26-18-9-10-19-20(15-18)33-25(32-19)12-5-6-13-25/h2-4,7-10,15H,5-6,11-14,16H2,1H3,(H,26,29)(H,27,31)/t24-/m1/s1. The third-order valence-electron chi connectivity index (χ3n) is 6.59. The molecule has 1 saturated carbocycles. The quantitative estimate of drug-likeness (QED) is 0.657. The predicted molar refractivity (Wildman–Crippen MR) is 121 cm³/mol. The molecule has 3 aliphatic rings. The average molecular weight is 450 g/mol. The summed E-state index contributed by atoms with van der Waals surface area (Å²) >= 11 is 0. The van der Waals surface area contributed by atoms with Crippen LogP contribution in [0.25, 0.3) is 0 Å². The molecule has 0 bridgehead atoms. The van der Waals surface area contributed by atoms with Crippen LogP contribution < -0.4 is 20.1 Å². The summed E-state index contributed by atoms with van der Waals surface area (Å²) < 4.78 is 12.0. The summed E-state index contributed by atoms with van der Waals surface area (Å²) in [7, 11) is 0. The number of nitrogens with one attached hydrogen (secondary N) is 2. The predicted octanol–water partition coefficient (Wildman–Crippen LogP) is 3.61. The van der Waals surface area contributed by atoms with Crippen molar-refractivity contribution >= 4 is 23.5 Å². The van der Waals surface area contributed by atoms with Crippen molar-refractivity contribution in [2.75, 3.05) is 11.9 Å². The molecule has 8 heteroatoms. The minimum absolute atomic E-state index is 0.357. The molecule has 8 nitrogen and oxygen atoms in total. The summed E-state index contributed by atoms with van der Waals surface area (Å²) in [4.78, 5) is 39.1. The largest absolute Gasteiger partial charge is 0.448 e. The van der Waals surface area contributed by atoms with Crippen molar-refractivity contribution in [3.8, 4) is 11.5 Å². The van der Waals surface area contributed by atoms with Gasteiger partial charge < -0.3 is 20.1 Å². The van der Waals surface area contributed by atoms with Crippen LogP contribution in [0.1, 0.15) is 44.6 Å². The number of benzene rings is 2. The third-order valence-corrected chi connectivity index (χ3v) is 6.59. The molecule has 1 atom stereocenters. The maximum absolute atomic E-state index is 13.0. The van der Waals surface area contributed by atoms with E-state index in [1.165, 1.54) is 0 Å². The van der Waals surface area contributed by atoms with Crippen molar-refractivity contribution in [1.29, 1.82) is 0 Å². The number of anilines is 1. The Kier molecular flexibility index (Phi) is 5.23. The topological polar surface area (TPSA) is 97.0 Å². The number of hydrogen-bond donors (Lipinski definition) is 2. The molecule has 172 valence electrons. The van der Waals surface area contributed by atoms with E-state index < -0.39 is 29.2 Å². The third kappa shape index (κ3) is 4.13. The van der Waals surface area contributed by atoms with Crippen molar-refractivity contribution in [1.82, 2.24) is 10.2 Å². The van der Waals surface area contributed by atoms with Gasteiger partial charge in [0.1, 0.15) is 12.1 Å². The highest BCUT2D eigenvalue weighted by Gasteiger charge is 2.48. The van der Waals surface area contributed by atoms with Gasteiger partial charge in [0.15, 0.2) is 11.5 Å². The van der Waals surface area contributed by atoms with Crippen LogP contribution in [0.2, 0.25) is 0 Å². The lowest BCUT2D eigenvalue weighted by Crippen LogP contribution is -2.45. The SMILES string of the molecule is C[C@]1(CCc2ccccc2)NC(=O)N(CC(=O)Nc2ccc3c(c2)OC2(CCCC2)O3)C1=O.